The standard InChI is InChI=1S/C27H24N4O4/c1-17-28-23-15-19(10-13-24(23)31(17)22-8-3-2-4-9-22)27(34)35-16-25(32)29-21-7-5-6-18(14-21)26(33)30-20-11-12-20/h2-10,13-15,20H,11-12,16H2,1H3,(H,29,32)(H,30,33). The highest BCUT2D eigenvalue weighted by atomic mass is 16.5. The number of hydrogen-bond donors (Lipinski definition) is 2. The molecule has 1 heterocycles. The van der Waals surface area contributed by atoms with Gasteiger partial charge in [0.2, 0.25) is 0 Å². The summed E-state index contributed by atoms with van der Waals surface area (Å²) in [7, 11) is 0. The van der Waals surface area contributed by atoms with Gasteiger partial charge in [0.05, 0.1) is 16.6 Å². The molecule has 4 aromatic rings. The zero-order chi connectivity index (χ0) is 24.4. The maximum atomic E-state index is 12.6. The lowest BCUT2D eigenvalue weighted by Crippen LogP contribution is -2.25. The molecule has 2 amide bonds. The molecule has 0 radical (unpaired) electrons. The van der Waals surface area contributed by atoms with Crippen LogP contribution in [0.5, 0.6) is 0 Å². The van der Waals surface area contributed by atoms with Crippen molar-refractivity contribution in [1.82, 2.24) is 14.9 Å². The van der Waals surface area contributed by atoms with Crippen LogP contribution in [-0.4, -0.2) is 40.0 Å². The van der Waals surface area contributed by atoms with Gasteiger partial charge in [-0.05, 0) is 68.3 Å². The summed E-state index contributed by atoms with van der Waals surface area (Å²) < 4.78 is 7.22. The molecule has 2 N–H and O–H groups in total. The summed E-state index contributed by atoms with van der Waals surface area (Å²) in [6, 6.07) is 21.9. The summed E-state index contributed by atoms with van der Waals surface area (Å²) in [5.74, 6) is -0.491. The van der Waals surface area contributed by atoms with E-state index in [0.29, 0.717) is 22.3 Å². The van der Waals surface area contributed by atoms with E-state index < -0.39 is 18.5 Å². The molecule has 5 rings (SSSR count). The van der Waals surface area contributed by atoms with Gasteiger partial charge in [-0.1, -0.05) is 24.3 Å². The number of carbonyl (C=O) groups excluding carboxylic acids is 3. The van der Waals surface area contributed by atoms with Crippen LogP contribution in [-0.2, 0) is 9.53 Å². The topological polar surface area (TPSA) is 102 Å². The molecule has 0 atom stereocenters. The van der Waals surface area contributed by atoms with Crippen LogP contribution in [0.2, 0.25) is 0 Å². The van der Waals surface area contributed by atoms with E-state index in [4.69, 9.17) is 4.74 Å². The number of esters is 1. The monoisotopic (exact) mass is 468 g/mol. The van der Waals surface area contributed by atoms with E-state index in [-0.39, 0.29) is 11.9 Å². The summed E-state index contributed by atoms with van der Waals surface area (Å²) in [5, 5.41) is 5.57. The zero-order valence-electron chi connectivity index (χ0n) is 19.2. The Morgan fingerprint density at radius 2 is 1.77 bits per heavy atom. The Bertz CT molecular complexity index is 1420. The Kier molecular flexibility index (Phi) is 6.01. The lowest BCUT2D eigenvalue weighted by Gasteiger charge is -2.09. The molecule has 0 unspecified atom stereocenters. The first-order valence-electron chi connectivity index (χ1n) is 11.4. The van der Waals surface area contributed by atoms with Gasteiger partial charge < -0.3 is 15.4 Å². The number of aryl methyl sites for hydroxylation is 1. The minimum Gasteiger partial charge on any atom is -0.452 e. The summed E-state index contributed by atoms with van der Waals surface area (Å²) in [6.45, 7) is 1.45. The fourth-order valence-corrected chi connectivity index (χ4v) is 3.88. The van der Waals surface area contributed by atoms with Gasteiger partial charge in [0.1, 0.15) is 5.82 Å². The van der Waals surface area contributed by atoms with Crippen molar-refractivity contribution in [1.29, 1.82) is 0 Å². The Labute approximate surface area is 201 Å². The smallest absolute Gasteiger partial charge is 0.338 e. The molecule has 1 aliphatic carbocycles. The third kappa shape index (κ3) is 5.06. The Balaban J connectivity index is 1.22. The number of imidazole rings is 1. The van der Waals surface area contributed by atoms with Gasteiger partial charge in [-0.2, -0.15) is 0 Å². The first-order valence-corrected chi connectivity index (χ1v) is 11.4. The van der Waals surface area contributed by atoms with Gasteiger partial charge in [-0.15, -0.1) is 0 Å². The minimum absolute atomic E-state index is 0.171. The van der Waals surface area contributed by atoms with Crippen molar-refractivity contribution in [2.45, 2.75) is 25.8 Å². The predicted octanol–water partition coefficient (Wildman–Crippen LogP) is 4.02. The fourth-order valence-electron chi connectivity index (χ4n) is 3.88. The van der Waals surface area contributed by atoms with Gasteiger partial charge in [0, 0.05) is 23.0 Å². The second kappa shape index (κ2) is 9.42. The second-order valence-corrected chi connectivity index (χ2v) is 8.49. The van der Waals surface area contributed by atoms with Crippen molar-refractivity contribution in [3.8, 4) is 5.69 Å². The number of nitrogens with one attached hydrogen (secondary N) is 2. The number of ether oxygens (including phenoxy) is 1. The van der Waals surface area contributed by atoms with Crippen molar-refractivity contribution >= 4 is 34.5 Å². The maximum Gasteiger partial charge on any atom is 0.338 e. The summed E-state index contributed by atoms with van der Waals surface area (Å²) in [4.78, 5) is 41.7. The number of aromatic nitrogens is 2. The number of anilines is 1. The normalized spacial score (nSPS) is 12.8. The van der Waals surface area contributed by atoms with Crippen molar-refractivity contribution in [3.05, 3.63) is 89.7 Å². The SMILES string of the molecule is Cc1nc2cc(C(=O)OCC(=O)Nc3cccc(C(=O)NC4CC4)c3)ccc2n1-c1ccccc1. The molecule has 1 saturated carbocycles. The Morgan fingerprint density at radius 1 is 0.971 bits per heavy atom. The Hall–Kier alpha value is -4.46. The van der Waals surface area contributed by atoms with Crippen LogP contribution in [0.15, 0.2) is 72.8 Å². The quantitative estimate of drug-likeness (QED) is 0.399. The molecule has 176 valence electrons. The van der Waals surface area contributed by atoms with Gasteiger partial charge in [0.15, 0.2) is 6.61 Å². The lowest BCUT2D eigenvalue weighted by molar-refractivity contribution is -0.119. The molecule has 35 heavy (non-hydrogen) atoms. The average molecular weight is 469 g/mol. The molecule has 0 aliphatic heterocycles. The van der Waals surface area contributed by atoms with E-state index in [1.165, 1.54) is 0 Å². The van der Waals surface area contributed by atoms with Crippen LogP contribution >= 0.6 is 0 Å². The third-order valence-electron chi connectivity index (χ3n) is 5.73. The molecular weight excluding hydrogens is 444 g/mol. The van der Waals surface area contributed by atoms with E-state index >= 15 is 0 Å². The summed E-state index contributed by atoms with van der Waals surface area (Å²) in [5.41, 5.74) is 3.73. The molecule has 8 nitrogen and oxygen atoms in total. The van der Waals surface area contributed by atoms with Crippen LogP contribution in [0.25, 0.3) is 16.7 Å². The molecule has 8 heteroatoms. The van der Waals surface area contributed by atoms with Crippen molar-refractivity contribution < 1.29 is 19.1 Å². The molecule has 0 saturated heterocycles. The highest BCUT2D eigenvalue weighted by Gasteiger charge is 2.24. The summed E-state index contributed by atoms with van der Waals surface area (Å²) in [6.07, 6.45) is 1.99. The molecule has 1 aromatic heterocycles. The first-order chi connectivity index (χ1) is 17.0. The van der Waals surface area contributed by atoms with Crippen LogP contribution in [0.4, 0.5) is 5.69 Å². The van der Waals surface area contributed by atoms with E-state index in [2.05, 4.69) is 15.6 Å². The number of fused-ring (bicyclic) bond motifs is 1. The van der Waals surface area contributed by atoms with Gasteiger partial charge >= 0.3 is 5.97 Å². The third-order valence-corrected chi connectivity index (χ3v) is 5.73. The Morgan fingerprint density at radius 3 is 2.54 bits per heavy atom. The number of amides is 2. The predicted molar refractivity (Wildman–Crippen MR) is 132 cm³/mol. The van der Waals surface area contributed by atoms with Crippen molar-refractivity contribution in [2.75, 3.05) is 11.9 Å². The molecule has 3 aromatic carbocycles. The van der Waals surface area contributed by atoms with Crippen LogP contribution < -0.4 is 10.6 Å². The number of para-hydroxylation sites is 1. The van der Waals surface area contributed by atoms with E-state index in [1.54, 1.807) is 36.4 Å². The maximum absolute atomic E-state index is 12.6. The van der Waals surface area contributed by atoms with Gasteiger partial charge in [-0.25, -0.2) is 9.78 Å². The number of carbonyl (C=O) groups is 3. The molecular formula is C27H24N4O4. The lowest BCUT2D eigenvalue weighted by atomic mass is 10.2. The van der Waals surface area contributed by atoms with Gasteiger partial charge in [-0.3, -0.25) is 14.2 Å². The number of benzene rings is 3. The van der Waals surface area contributed by atoms with Crippen molar-refractivity contribution in [3.63, 3.8) is 0 Å². The fraction of sp³-hybridized carbons (Fsp3) is 0.185. The number of hydrogen-bond acceptors (Lipinski definition) is 5. The van der Waals surface area contributed by atoms with Crippen LogP contribution in [0.1, 0.15) is 39.4 Å². The summed E-state index contributed by atoms with van der Waals surface area (Å²) >= 11 is 0. The zero-order valence-corrected chi connectivity index (χ0v) is 19.2. The molecule has 1 aliphatic rings. The molecule has 0 bridgehead atoms. The molecule has 1 fully saturated rings. The highest BCUT2D eigenvalue weighted by molar-refractivity contribution is 5.99. The van der Waals surface area contributed by atoms with Gasteiger partial charge in [0.25, 0.3) is 11.8 Å². The second-order valence-electron chi connectivity index (χ2n) is 8.49. The minimum atomic E-state index is -0.619. The largest absolute Gasteiger partial charge is 0.452 e. The van der Waals surface area contributed by atoms with Crippen LogP contribution in [0.3, 0.4) is 0 Å². The molecule has 0 spiro atoms. The van der Waals surface area contributed by atoms with E-state index in [9.17, 15) is 14.4 Å². The first kappa shape index (κ1) is 22.3. The highest BCUT2D eigenvalue weighted by Crippen LogP contribution is 2.23. The number of nitrogens with zero attached hydrogens (tertiary/aromatic N) is 2. The van der Waals surface area contributed by atoms with Crippen molar-refractivity contribution in [2.24, 2.45) is 0 Å². The van der Waals surface area contributed by atoms with E-state index in [0.717, 1.165) is 29.9 Å². The number of rotatable bonds is 7. The van der Waals surface area contributed by atoms with E-state index in [1.807, 2.05) is 47.9 Å². The average Bonchev–Trinajstić information content (AvgIpc) is 3.62. The van der Waals surface area contributed by atoms with Crippen LogP contribution in [0, 0.1) is 6.92 Å².